The zero-order valence-electron chi connectivity index (χ0n) is 16.3. The third kappa shape index (κ3) is 6.05. The molecule has 3 N–H and O–H groups in total. The van der Waals surface area contributed by atoms with Crippen LogP contribution in [-0.2, 0) is 9.59 Å². The summed E-state index contributed by atoms with van der Waals surface area (Å²) in [4.78, 5) is 35.7. The Hall–Kier alpha value is -2.97. The highest BCUT2D eigenvalue weighted by atomic mass is 16.5. The summed E-state index contributed by atoms with van der Waals surface area (Å²) in [5, 5.41) is 14.1. The molecular weight excluding hydrogens is 356 g/mol. The molecule has 0 aliphatic carbocycles. The largest absolute Gasteiger partial charge is 0.493 e. The Morgan fingerprint density at radius 3 is 1.93 bits per heavy atom. The number of rotatable bonds is 8. The maximum atomic E-state index is 12.2. The number of carbonyl (C=O) groups excluding carboxylic acids is 2. The minimum absolute atomic E-state index is 0.275. The monoisotopic (exact) mass is 382 g/mol. The van der Waals surface area contributed by atoms with Crippen molar-refractivity contribution in [2.45, 2.75) is 33.2 Å². The van der Waals surface area contributed by atoms with Gasteiger partial charge in [0.15, 0.2) is 11.5 Å². The number of anilines is 1. The van der Waals surface area contributed by atoms with Crippen LogP contribution in [0.1, 0.15) is 27.2 Å². The fraction of sp³-hybridized carbons (Fsp3) is 0.500. The number of ether oxygens (including phenoxy) is 3. The van der Waals surface area contributed by atoms with Gasteiger partial charge in [-0.15, -0.1) is 0 Å². The van der Waals surface area contributed by atoms with Gasteiger partial charge in [-0.25, -0.2) is 9.59 Å². The Bertz CT molecular complexity index is 685. The highest BCUT2D eigenvalue weighted by Crippen LogP contribution is 2.39. The molecule has 0 aromatic heterocycles. The summed E-state index contributed by atoms with van der Waals surface area (Å²) in [7, 11) is 4.31. The minimum Gasteiger partial charge on any atom is -0.493 e. The van der Waals surface area contributed by atoms with Gasteiger partial charge in [0.2, 0.25) is 5.75 Å². The number of urea groups is 1. The van der Waals surface area contributed by atoms with Gasteiger partial charge in [-0.05, 0) is 0 Å². The van der Waals surface area contributed by atoms with Gasteiger partial charge < -0.3 is 30.0 Å². The average molecular weight is 382 g/mol. The quantitative estimate of drug-likeness (QED) is 0.630. The number of hydrogen-bond acceptors (Lipinski definition) is 6. The molecule has 0 spiro atoms. The number of benzene rings is 1. The van der Waals surface area contributed by atoms with E-state index in [0.717, 1.165) is 0 Å². The average Bonchev–Trinajstić information content (AvgIpc) is 2.58. The van der Waals surface area contributed by atoms with Crippen LogP contribution in [0.3, 0.4) is 0 Å². The zero-order valence-corrected chi connectivity index (χ0v) is 16.3. The van der Waals surface area contributed by atoms with Crippen LogP contribution in [0, 0.1) is 5.41 Å². The van der Waals surface area contributed by atoms with Crippen molar-refractivity contribution in [3.8, 4) is 17.2 Å². The lowest BCUT2D eigenvalue weighted by Gasteiger charge is -2.21. The van der Waals surface area contributed by atoms with E-state index >= 15 is 0 Å². The molecule has 0 radical (unpaired) electrons. The van der Waals surface area contributed by atoms with Gasteiger partial charge in [-0.1, -0.05) is 20.8 Å². The van der Waals surface area contributed by atoms with Crippen molar-refractivity contribution in [3.05, 3.63) is 12.1 Å². The third-order valence-electron chi connectivity index (χ3n) is 3.75. The topological polar surface area (TPSA) is 123 Å². The maximum Gasteiger partial charge on any atom is 0.326 e. The Balaban J connectivity index is 2.94. The fourth-order valence-electron chi connectivity index (χ4n) is 2.17. The predicted molar refractivity (Wildman–Crippen MR) is 98.8 cm³/mol. The molecule has 1 aromatic rings. The van der Waals surface area contributed by atoms with E-state index in [-0.39, 0.29) is 12.2 Å². The Labute approximate surface area is 158 Å². The molecule has 9 heteroatoms. The third-order valence-corrected chi connectivity index (χ3v) is 3.75. The maximum absolute atomic E-state index is 12.2. The molecule has 0 heterocycles. The first-order chi connectivity index (χ1) is 12.5. The summed E-state index contributed by atoms with van der Waals surface area (Å²) in [6, 6.07) is 0.866. The lowest BCUT2D eigenvalue weighted by molar-refractivity contribution is -0.141. The molecule has 0 saturated heterocycles. The van der Waals surface area contributed by atoms with Crippen molar-refractivity contribution in [2.75, 3.05) is 26.6 Å². The van der Waals surface area contributed by atoms with Crippen molar-refractivity contribution < 1.29 is 33.7 Å². The first-order valence-corrected chi connectivity index (χ1v) is 8.17. The van der Waals surface area contributed by atoms with Gasteiger partial charge in [0, 0.05) is 24.0 Å². The molecule has 2 amide bonds. The molecule has 0 aliphatic heterocycles. The number of amides is 2. The van der Waals surface area contributed by atoms with Gasteiger partial charge in [0.1, 0.15) is 11.8 Å². The van der Waals surface area contributed by atoms with E-state index in [9.17, 15) is 19.5 Å². The van der Waals surface area contributed by atoms with E-state index in [0.29, 0.717) is 22.9 Å². The summed E-state index contributed by atoms with van der Waals surface area (Å²) in [6.45, 7) is 5.05. The SMILES string of the molecule is COc1cc(NC(=O)NC(CC(=O)C(C)(C)C)C(=O)O)cc(OC)c1OC. The summed E-state index contributed by atoms with van der Waals surface area (Å²) in [5.41, 5.74) is -0.406. The summed E-state index contributed by atoms with van der Waals surface area (Å²) in [5.74, 6) is -0.574. The van der Waals surface area contributed by atoms with Crippen LogP contribution in [0.15, 0.2) is 12.1 Å². The van der Waals surface area contributed by atoms with Gasteiger partial charge in [-0.3, -0.25) is 4.79 Å². The molecule has 1 atom stereocenters. The molecule has 9 nitrogen and oxygen atoms in total. The van der Waals surface area contributed by atoms with Crippen LogP contribution < -0.4 is 24.8 Å². The second kappa shape index (κ2) is 9.11. The summed E-state index contributed by atoms with van der Waals surface area (Å²) < 4.78 is 15.6. The van der Waals surface area contributed by atoms with E-state index < -0.39 is 23.5 Å². The first-order valence-electron chi connectivity index (χ1n) is 8.17. The van der Waals surface area contributed by atoms with Crippen LogP contribution in [0.4, 0.5) is 10.5 Å². The van der Waals surface area contributed by atoms with Gasteiger partial charge in [0.25, 0.3) is 0 Å². The van der Waals surface area contributed by atoms with E-state index in [4.69, 9.17) is 14.2 Å². The predicted octanol–water partition coefficient (Wildman–Crippen LogP) is 2.29. The highest BCUT2D eigenvalue weighted by molar-refractivity contribution is 5.95. The zero-order chi connectivity index (χ0) is 20.8. The molecule has 1 rings (SSSR count). The second-order valence-corrected chi connectivity index (χ2v) is 6.78. The van der Waals surface area contributed by atoms with Gasteiger partial charge in [0.05, 0.1) is 27.0 Å². The van der Waals surface area contributed by atoms with Crippen LogP contribution in [-0.4, -0.2) is 50.3 Å². The number of hydrogen-bond donors (Lipinski definition) is 3. The van der Waals surface area contributed by atoms with E-state index in [1.165, 1.54) is 33.5 Å². The molecule has 0 fully saturated rings. The Morgan fingerprint density at radius 2 is 1.56 bits per heavy atom. The standard InChI is InChI=1S/C18H26N2O7/c1-18(2,3)14(21)9-11(16(22)23)20-17(24)19-10-7-12(25-4)15(27-6)13(8-10)26-5/h7-8,11H,9H2,1-6H3,(H,22,23)(H2,19,20,24). The second-order valence-electron chi connectivity index (χ2n) is 6.78. The normalized spacial score (nSPS) is 11.9. The number of carbonyl (C=O) groups is 3. The lowest BCUT2D eigenvalue weighted by atomic mass is 9.87. The number of nitrogens with one attached hydrogen (secondary N) is 2. The van der Waals surface area contributed by atoms with Crippen molar-refractivity contribution >= 4 is 23.5 Å². The Kier molecular flexibility index (Phi) is 7.45. The van der Waals surface area contributed by atoms with Gasteiger partial charge >= 0.3 is 12.0 Å². The molecule has 0 aliphatic rings. The van der Waals surface area contributed by atoms with Gasteiger partial charge in [-0.2, -0.15) is 0 Å². The summed E-state index contributed by atoms with van der Waals surface area (Å²) in [6.07, 6.45) is -0.318. The van der Waals surface area contributed by atoms with E-state index in [1.807, 2.05) is 0 Å². The molecule has 0 saturated carbocycles. The molecule has 27 heavy (non-hydrogen) atoms. The number of ketones is 1. The number of Topliss-reactive ketones (excluding diaryl/α,β-unsaturated/α-hetero) is 1. The number of methoxy groups -OCH3 is 3. The van der Waals surface area contributed by atoms with Crippen LogP contribution in [0.25, 0.3) is 0 Å². The van der Waals surface area contributed by atoms with E-state index in [2.05, 4.69) is 10.6 Å². The molecule has 1 unspecified atom stereocenters. The lowest BCUT2D eigenvalue weighted by Crippen LogP contribution is -2.45. The molecule has 1 aromatic carbocycles. The number of carboxylic acid groups (broad SMARTS) is 1. The summed E-state index contributed by atoms with van der Waals surface area (Å²) >= 11 is 0. The smallest absolute Gasteiger partial charge is 0.326 e. The molecular formula is C18H26N2O7. The fourth-order valence-corrected chi connectivity index (χ4v) is 2.17. The minimum atomic E-state index is -1.35. The van der Waals surface area contributed by atoms with Crippen molar-refractivity contribution in [1.82, 2.24) is 5.32 Å². The number of aliphatic carboxylic acids is 1. The highest BCUT2D eigenvalue weighted by Gasteiger charge is 2.29. The molecule has 0 bridgehead atoms. The first kappa shape index (κ1) is 22.1. The Morgan fingerprint density at radius 1 is 1.04 bits per heavy atom. The van der Waals surface area contributed by atoms with Crippen molar-refractivity contribution in [2.24, 2.45) is 5.41 Å². The van der Waals surface area contributed by atoms with Crippen molar-refractivity contribution in [1.29, 1.82) is 0 Å². The van der Waals surface area contributed by atoms with Crippen LogP contribution in [0.2, 0.25) is 0 Å². The van der Waals surface area contributed by atoms with E-state index in [1.54, 1.807) is 20.8 Å². The molecule has 150 valence electrons. The van der Waals surface area contributed by atoms with Crippen LogP contribution >= 0.6 is 0 Å². The van der Waals surface area contributed by atoms with Crippen molar-refractivity contribution in [3.63, 3.8) is 0 Å². The number of carboxylic acids is 1. The van der Waals surface area contributed by atoms with Crippen LogP contribution in [0.5, 0.6) is 17.2 Å².